The molecule has 0 aromatic heterocycles. The lowest BCUT2D eigenvalue weighted by atomic mass is 9.41. The fourth-order valence-corrected chi connectivity index (χ4v) is 10.8. The predicted octanol–water partition coefficient (Wildman–Crippen LogP) is 10.4. The molecule has 2 bridgehead atoms. The van der Waals surface area contributed by atoms with Crippen molar-refractivity contribution in [2.45, 2.75) is 193 Å². The highest BCUT2D eigenvalue weighted by Gasteiger charge is 2.78. The fourth-order valence-electron chi connectivity index (χ4n) is 10.8. The summed E-state index contributed by atoms with van der Waals surface area (Å²) in [4.78, 5) is 15.7. The molecule has 2 saturated heterocycles. The number of nitrogens with zero attached hydrogens (tertiary/aromatic N) is 1. The number of aliphatic hydroxyl groups is 1. The number of hydrogen-bond donors (Lipinski definition) is 1. The van der Waals surface area contributed by atoms with Crippen LogP contribution in [0.4, 0.5) is 0 Å². The number of esters is 1. The van der Waals surface area contributed by atoms with E-state index in [0.717, 1.165) is 63.3 Å². The molecule has 5 fully saturated rings. The van der Waals surface area contributed by atoms with E-state index in [2.05, 4.69) is 31.7 Å². The van der Waals surface area contributed by atoms with Gasteiger partial charge in [-0.25, -0.2) is 0 Å². The van der Waals surface area contributed by atoms with Crippen molar-refractivity contribution < 1.29 is 19.4 Å². The van der Waals surface area contributed by atoms with E-state index in [9.17, 15) is 9.90 Å². The molecule has 6 atom stereocenters. The summed E-state index contributed by atoms with van der Waals surface area (Å²) in [6.07, 6.45) is 33.9. The Kier molecular flexibility index (Phi) is 11.9. The number of carbonyl (C=O) groups excluding carboxylic acids is 1. The summed E-state index contributed by atoms with van der Waals surface area (Å²) in [5, 5.41) is 12.7. The van der Waals surface area contributed by atoms with Gasteiger partial charge < -0.3 is 14.6 Å². The van der Waals surface area contributed by atoms with Crippen molar-refractivity contribution in [1.29, 1.82) is 0 Å². The summed E-state index contributed by atoms with van der Waals surface area (Å²) in [7, 11) is 0. The lowest BCUT2D eigenvalue weighted by Crippen LogP contribution is -2.77. The third kappa shape index (κ3) is 7.57. The van der Waals surface area contributed by atoms with Gasteiger partial charge >= 0.3 is 5.97 Å². The maximum Gasteiger partial charge on any atom is 0.311 e. The molecular formula is C42H69NO4. The smallest absolute Gasteiger partial charge is 0.311 e. The molecule has 6 aliphatic rings. The molecule has 0 aromatic carbocycles. The van der Waals surface area contributed by atoms with Gasteiger partial charge in [0.1, 0.15) is 11.9 Å². The molecule has 3 unspecified atom stereocenters. The van der Waals surface area contributed by atoms with Gasteiger partial charge in [-0.1, -0.05) is 130 Å². The van der Waals surface area contributed by atoms with Gasteiger partial charge in [-0.05, 0) is 69.4 Å². The average Bonchev–Trinajstić information content (AvgIpc) is 3.79. The quantitative estimate of drug-likeness (QED) is 0.0989. The van der Waals surface area contributed by atoms with Crippen LogP contribution in [0.15, 0.2) is 23.7 Å². The number of rotatable bonds is 21. The summed E-state index contributed by atoms with van der Waals surface area (Å²) in [5.41, 5.74) is -1.06. The molecule has 47 heavy (non-hydrogen) atoms. The Morgan fingerprint density at radius 3 is 2.06 bits per heavy atom. The molecule has 3 saturated carbocycles. The van der Waals surface area contributed by atoms with Gasteiger partial charge in [0.05, 0.1) is 5.60 Å². The first-order valence-electron chi connectivity index (χ1n) is 20.6. The van der Waals surface area contributed by atoms with E-state index in [1.165, 1.54) is 109 Å². The van der Waals surface area contributed by atoms with E-state index in [-0.39, 0.29) is 34.9 Å². The molecule has 0 aromatic rings. The predicted molar refractivity (Wildman–Crippen MR) is 191 cm³/mol. The minimum atomic E-state index is -0.739. The molecular weight excluding hydrogens is 582 g/mol. The van der Waals surface area contributed by atoms with Crippen molar-refractivity contribution >= 4 is 5.97 Å². The molecule has 4 aliphatic carbocycles. The van der Waals surface area contributed by atoms with Gasteiger partial charge in [0.25, 0.3) is 0 Å². The molecule has 2 aliphatic heterocycles. The topological polar surface area (TPSA) is 59.0 Å². The molecule has 0 radical (unpaired) electrons. The van der Waals surface area contributed by atoms with Crippen LogP contribution >= 0.6 is 0 Å². The highest BCUT2D eigenvalue weighted by atomic mass is 16.6. The second kappa shape index (κ2) is 15.7. The summed E-state index contributed by atoms with van der Waals surface area (Å²) in [6.45, 7) is 9.14. The van der Waals surface area contributed by atoms with Crippen molar-refractivity contribution in [2.24, 2.45) is 28.6 Å². The maximum atomic E-state index is 13.1. The Bertz CT molecular complexity index is 1110. The number of allylic oxidation sites excluding steroid dienone is 3. The van der Waals surface area contributed by atoms with E-state index in [1.807, 2.05) is 6.08 Å². The molecule has 266 valence electrons. The number of ether oxygens (including phenoxy) is 2. The average molecular weight is 652 g/mol. The fraction of sp³-hybridized carbons (Fsp3) is 0.881. The summed E-state index contributed by atoms with van der Waals surface area (Å²) in [5.74, 6) is 2.65. The van der Waals surface area contributed by atoms with Crippen LogP contribution in [0, 0.1) is 28.6 Å². The zero-order valence-corrected chi connectivity index (χ0v) is 30.5. The van der Waals surface area contributed by atoms with Crippen LogP contribution in [0.25, 0.3) is 0 Å². The van der Waals surface area contributed by atoms with Crippen LogP contribution in [0.1, 0.15) is 175 Å². The number of hydrogen-bond acceptors (Lipinski definition) is 5. The molecule has 6 rings (SSSR count). The number of piperidine rings is 1. The van der Waals surface area contributed by atoms with Gasteiger partial charge in [0.2, 0.25) is 0 Å². The molecule has 5 heteroatoms. The van der Waals surface area contributed by atoms with Crippen molar-refractivity contribution in [3.8, 4) is 0 Å². The van der Waals surface area contributed by atoms with Crippen LogP contribution in [-0.2, 0) is 14.3 Å². The standard InChI is InChI=1S/C42H69NO4/c1-4-5-6-7-8-9-10-11-12-13-14-15-16-17-18-19-20-21-36(44)46-34-25-24-33-30-35-42(45)27-26-40(2,3)39-41(42,37(33)38(34)47-39)28-29-43(35)31-32-22-23-32/h24-25,32-33,35,37,39,45H,4-23,26-31H2,1-3H3/t33?,35?,37?,39-,41-,42+/m0/s1. The van der Waals surface area contributed by atoms with Crippen LogP contribution < -0.4 is 0 Å². The second-order valence-corrected chi connectivity index (χ2v) is 17.5. The van der Waals surface area contributed by atoms with Gasteiger partial charge in [0, 0.05) is 35.8 Å². The Labute approximate surface area is 287 Å². The number of likely N-dealkylation sites (tertiary alicyclic amines) is 1. The third-order valence-corrected chi connectivity index (χ3v) is 13.6. The minimum absolute atomic E-state index is 0.0238. The van der Waals surface area contributed by atoms with Gasteiger partial charge in [-0.2, -0.15) is 0 Å². The SMILES string of the molecule is CCCCCCCCCCCCCCCCCCCC(=O)OC1=C2O[C@H]3C(C)(C)CC[C@@]4(O)C5CC(C=C1)C2[C@@]34CCN5CC1CC1. The van der Waals surface area contributed by atoms with Crippen molar-refractivity contribution in [1.82, 2.24) is 4.90 Å². The first kappa shape index (κ1) is 35.5. The minimum Gasteiger partial charge on any atom is -0.489 e. The van der Waals surface area contributed by atoms with Crippen molar-refractivity contribution in [3.63, 3.8) is 0 Å². The first-order valence-corrected chi connectivity index (χ1v) is 20.6. The monoisotopic (exact) mass is 652 g/mol. The maximum absolute atomic E-state index is 13.1. The van der Waals surface area contributed by atoms with Crippen LogP contribution in [0.3, 0.4) is 0 Å². The highest BCUT2D eigenvalue weighted by Crippen LogP contribution is 2.72. The lowest BCUT2D eigenvalue weighted by Gasteiger charge is -2.68. The summed E-state index contributed by atoms with van der Waals surface area (Å²) < 4.78 is 13.1. The number of carbonyl (C=O) groups is 1. The van der Waals surface area contributed by atoms with Crippen molar-refractivity contribution in [3.05, 3.63) is 23.7 Å². The van der Waals surface area contributed by atoms with E-state index in [1.54, 1.807) is 0 Å². The number of unbranched alkanes of at least 4 members (excludes halogenated alkanes) is 16. The molecule has 5 nitrogen and oxygen atoms in total. The summed E-state index contributed by atoms with van der Waals surface area (Å²) in [6, 6.07) is 0.202. The molecule has 0 amide bonds. The van der Waals surface area contributed by atoms with Crippen LogP contribution in [0.2, 0.25) is 0 Å². The highest BCUT2D eigenvalue weighted by molar-refractivity contribution is 5.71. The van der Waals surface area contributed by atoms with Gasteiger partial charge in [-0.3, -0.25) is 9.69 Å². The Balaban J connectivity index is 0.916. The zero-order chi connectivity index (χ0) is 32.9. The van der Waals surface area contributed by atoms with Crippen LogP contribution in [-0.4, -0.2) is 46.8 Å². The van der Waals surface area contributed by atoms with E-state index in [4.69, 9.17) is 9.47 Å². The summed E-state index contributed by atoms with van der Waals surface area (Å²) >= 11 is 0. The van der Waals surface area contributed by atoms with Crippen LogP contribution in [0.5, 0.6) is 0 Å². The van der Waals surface area contributed by atoms with Gasteiger partial charge in [0.15, 0.2) is 5.76 Å². The molecule has 2 heterocycles. The first-order chi connectivity index (χ1) is 22.8. The van der Waals surface area contributed by atoms with E-state index in [0.29, 0.717) is 18.1 Å². The molecule has 1 spiro atoms. The second-order valence-electron chi connectivity index (χ2n) is 17.5. The van der Waals surface area contributed by atoms with Gasteiger partial charge in [-0.15, -0.1) is 0 Å². The lowest BCUT2D eigenvalue weighted by molar-refractivity contribution is -0.271. The van der Waals surface area contributed by atoms with E-state index >= 15 is 0 Å². The normalized spacial score (nSPS) is 33.5. The largest absolute Gasteiger partial charge is 0.489 e. The zero-order valence-electron chi connectivity index (χ0n) is 30.5. The van der Waals surface area contributed by atoms with Crippen molar-refractivity contribution in [2.75, 3.05) is 13.1 Å². The Morgan fingerprint density at radius 1 is 0.872 bits per heavy atom. The van der Waals surface area contributed by atoms with E-state index < -0.39 is 5.60 Å². The third-order valence-electron chi connectivity index (χ3n) is 13.6. The molecule has 1 N–H and O–H groups in total. The Morgan fingerprint density at radius 2 is 1.47 bits per heavy atom. The Hall–Kier alpha value is -1.33.